The van der Waals surface area contributed by atoms with Gasteiger partial charge in [0.1, 0.15) is 5.00 Å². The molecular formula is C28H27N3O2S. The van der Waals surface area contributed by atoms with Crippen LogP contribution < -0.4 is 10.1 Å². The molecule has 0 radical (unpaired) electrons. The van der Waals surface area contributed by atoms with E-state index in [0.29, 0.717) is 12.1 Å². The molecule has 1 aliphatic rings. The molecule has 2 heterocycles. The number of carbonyl (C=O) groups is 1. The van der Waals surface area contributed by atoms with Crippen LogP contribution in [0.5, 0.6) is 0 Å². The molecule has 5 rings (SSSR count). The minimum absolute atomic E-state index is 0.131. The largest absolute Gasteiger partial charge is 0.376 e. The predicted molar refractivity (Wildman–Crippen MR) is 138 cm³/mol. The second kappa shape index (κ2) is 10.2. The zero-order chi connectivity index (χ0) is 23.3. The summed E-state index contributed by atoms with van der Waals surface area (Å²) >= 11 is 1.50. The number of benzene rings is 3. The fourth-order valence-electron chi connectivity index (χ4n) is 4.12. The van der Waals surface area contributed by atoms with Crippen LogP contribution >= 0.6 is 11.3 Å². The van der Waals surface area contributed by atoms with Crippen LogP contribution in [0.2, 0.25) is 0 Å². The summed E-state index contributed by atoms with van der Waals surface area (Å²) in [4.78, 5) is 18.9. The van der Waals surface area contributed by atoms with Gasteiger partial charge >= 0.3 is 0 Å². The fraction of sp³-hybridized carbons (Fsp3) is 0.214. The lowest BCUT2D eigenvalue weighted by Crippen LogP contribution is -2.24. The van der Waals surface area contributed by atoms with Crippen LogP contribution in [-0.2, 0) is 11.3 Å². The predicted octanol–water partition coefficient (Wildman–Crippen LogP) is 6.19. The Morgan fingerprint density at radius 3 is 2.41 bits per heavy atom. The monoisotopic (exact) mass is 469 g/mol. The third kappa shape index (κ3) is 5.03. The second-order valence-electron chi connectivity index (χ2n) is 8.44. The molecule has 5 nitrogen and oxygen atoms in total. The Morgan fingerprint density at radius 2 is 1.74 bits per heavy atom. The number of ether oxygens (including phenoxy) is 1. The smallest absolute Gasteiger partial charge is 0.256 e. The van der Waals surface area contributed by atoms with Crippen molar-refractivity contribution in [2.45, 2.75) is 32.4 Å². The highest BCUT2D eigenvalue weighted by Gasteiger charge is 2.23. The Balaban J connectivity index is 1.66. The van der Waals surface area contributed by atoms with E-state index < -0.39 is 0 Å². The van der Waals surface area contributed by atoms with Crippen LogP contribution in [0.15, 0.2) is 89.9 Å². The molecular weight excluding hydrogens is 442 g/mol. The maximum absolute atomic E-state index is 13.1. The molecule has 4 aromatic rings. The first-order chi connectivity index (χ1) is 16.7. The molecule has 0 spiro atoms. The number of hydrogen-bond donors (Lipinski definition) is 1. The van der Waals surface area contributed by atoms with Crippen LogP contribution in [0.3, 0.4) is 0 Å². The number of rotatable bonds is 6. The van der Waals surface area contributed by atoms with Gasteiger partial charge in [0.05, 0.1) is 24.0 Å². The van der Waals surface area contributed by atoms with Gasteiger partial charge in [-0.3, -0.25) is 4.79 Å². The first-order valence-electron chi connectivity index (χ1n) is 11.6. The van der Waals surface area contributed by atoms with E-state index in [1.54, 1.807) is 0 Å². The second-order valence-corrected chi connectivity index (χ2v) is 9.42. The number of para-hydroxylation sites is 1. The SMILES string of the molecule is Cc1ccc(-c2c(NC(=O)c3ccccc3)sc(=Nc3ccccc3)n2CC2CCCO2)cc1. The molecule has 1 saturated heterocycles. The quantitative estimate of drug-likeness (QED) is 0.366. The van der Waals surface area contributed by atoms with E-state index in [1.165, 1.54) is 16.9 Å². The molecule has 1 aromatic heterocycles. The van der Waals surface area contributed by atoms with Gasteiger partial charge in [0, 0.05) is 17.7 Å². The highest BCUT2D eigenvalue weighted by Crippen LogP contribution is 2.33. The molecule has 3 aromatic carbocycles. The standard InChI is InChI=1S/C28H27N3O2S/c1-20-14-16-21(17-15-20)25-27(30-26(32)22-9-4-2-5-10-22)34-28(29-23-11-6-3-7-12-23)31(25)19-24-13-8-18-33-24/h2-7,9-12,14-17,24H,8,13,18-19H2,1H3,(H,30,32). The van der Waals surface area contributed by atoms with Gasteiger partial charge in [-0.2, -0.15) is 0 Å². The Bertz CT molecular complexity index is 1320. The number of thiazole rings is 1. The van der Waals surface area contributed by atoms with Gasteiger partial charge in [0.2, 0.25) is 0 Å². The maximum Gasteiger partial charge on any atom is 0.256 e. The van der Waals surface area contributed by atoms with Crippen LogP contribution in [0.1, 0.15) is 28.8 Å². The average Bonchev–Trinajstić information content (AvgIpc) is 3.49. The van der Waals surface area contributed by atoms with Crippen molar-refractivity contribution in [1.82, 2.24) is 4.57 Å². The van der Waals surface area contributed by atoms with Crippen LogP contribution in [0.25, 0.3) is 11.3 Å². The topological polar surface area (TPSA) is 55.6 Å². The van der Waals surface area contributed by atoms with Crippen molar-refractivity contribution < 1.29 is 9.53 Å². The molecule has 172 valence electrons. The van der Waals surface area contributed by atoms with E-state index in [4.69, 9.17) is 9.73 Å². The van der Waals surface area contributed by atoms with Gasteiger partial charge in [0.25, 0.3) is 5.91 Å². The van der Waals surface area contributed by atoms with E-state index in [2.05, 4.69) is 41.1 Å². The first-order valence-corrected chi connectivity index (χ1v) is 12.4. The van der Waals surface area contributed by atoms with Crippen molar-refractivity contribution >= 4 is 27.9 Å². The van der Waals surface area contributed by atoms with Crippen LogP contribution in [0, 0.1) is 6.92 Å². The molecule has 34 heavy (non-hydrogen) atoms. The number of carbonyl (C=O) groups excluding carboxylic acids is 1. The van der Waals surface area contributed by atoms with E-state index in [1.807, 2.05) is 60.7 Å². The Labute approximate surface area is 203 Å². The molecule has 1 aliphatic heterocycles. The van der Waals surface area contributed by atoms with Gasteiger partial charge in [-0.05, 0) is 44.0 Å². The normalized spacial score (nSPS) is 16.0. The van der Waals surface area contributed by atoms with Crippen LogP contribution in [-0.4, -0.2) is 23.2 Å². The molecule has 1 unspecified atom stereocenters. The fourth-order valence-corrected chi connectivity index (χ4v) is 5.20. The van der Waals surface area contributed by atoms with Crippen LogP contribution in [0.4, 0.5) is 10.7 Å². The van der Waals surface area contributed by atoms with Gasteiger partial charge < -0.3 is 14.6 Å². The lowest BCUT2D eigenvalue weighted by Gasteiger charge is -2.15. The summed E-state index contributed by atoms with van der Waals surface area (Å²) in [5.41, 5.74) is 4.69. The molecule has 0 bridgehead atoms. The number of nitrogens with one attached hydrogen (secondary N) is 1. The van der Waals surface area contributed by atoms with Crippen molar-refractivity contribution in [3.63, 3.8) is 0 Å². The molecule has 1 amide bonds. The Morgan fingerprint density at radius 1 is 1.03 bits per heavy atom. The summed E-state index contributed by atoms with van der Waals surface area (Å²) in [6.07, 6.45) is 2.22. The van der Waals surface area contributed by atoms with Gasteiger partial charge in [-0.15, -0.1) is 0 Å². The van der Waals surface area contributed by atoms with Crippen molar-refractivity contribution in [2.75, 3.05) is 11.9 Å². The molecule has 1 N–H and O–H groups in total. The number of aryl methyl sites for hydroxylation is 1. The third-order valence-corrected chi connectivity index (χ3v) is 6.88. The van der Waals surface area contributed by atoms with Crippen molar-refractivity contribution in [3.05, 3.63) is 101 Å². The maximum atomic E-state index is 13.1. The third-order valence-electron chi connectivity index (χ3n) is 5.89. The number of nitrogens with zero attached hydrogens (tertiary/aromatic N) is 2. The summed E-state index contributed by atoms with van der Waals surface area (Å²) in [6, 6.07) is 27.6. The molecule has 6 heteroatoms. The van der Waals surface area contributed by atoms with E-state index in [0.717, 1.165) is 46.2 Å². The molecule has 0 aliphatic carbocycles. The lowest BCUT2D eigenvalue weighted by atomic mass is 10.1. The van der Waals surface area contributed by atoms with Gasteiger partial charge in [-0.25, -0.2) is 4.99 Å². The molecule has 1 fully saturated rings. The lowest BCUT2D eigenvalue weighted by molar-refractivity contribution is 0.0968. The number of amides is 1. The minimum Gasteiger partial charge on any atom is -0.376 e. The van der Waals surface area contributed by atoms with E-state index in [-0.39, 0.29) is 12.0 Å². The molecule has 1 atom stereocenters. The summed E-state index contributed by atoms with van der Waals surface area (Å²) in [6.45, 7) is 3.55. The number of anilines is 1. The molecule has 0 saturated carbocycles. The van der Waals surface area contributed by atoms with E-state index >= 15 is 0 Å². The highest BCUT2D eigenvalue weighted by atomic mass is 32.1. The number of aromatic nitrogens is 1. The summed E-state index contributed by atoms with van der Waals surface area (Å²) in [5, 5.41) is 3.95. The highest BCUT2D eigenvalue weighted by molar-refractivity contribution is 7.14. The summed E-state index contributed by atoms with van der Waals surface area (Å²) in [5.74, 6) is -0.134. The Kier molecular flexibility index (Phi) is 6.70. The Hall–Kier alpha value is -3.48. The number of hydrogen-bond acceptors (Lipinski definition) is 4. The van der Waals surface area contributed by atoms with Crippen molar-refractivity contribution in [2.24, 2.45) is 4.99 Å². The minimum atomic E-state index is -0.134. The first kappa shape index (κ1) is 22.3. The van der Waals surface area contributed by atoms with Gasteiger partial charge in [-0.1, -0.05) is 77.6 Å². The van der Waals surface area contributed by atoms with Gasteiger partial charge in [0.15, 0.2) is 4.80 Å². The van der Waals surface area contributed by atoms with Crippen molar-refractivity contribution in [1.29, 1.82) is 0 Å². The zero-order valence-electron chi connectivity index (χ0n) is 19.1. The average molecular weight is 470 g/mol. The zero-order valence-corrected chi connectivity index (χ0v) is 19.9. The summed E-state index contributed by atoms with van der Waals surface area (Å²) in [7, 11) is 0. The van der Waals surface area contributed by atoms with Crippen molar-refractivity contribution in [3.8, 4) is 11.3 Å². The summed E-state index contributed by atoms with van der Waals surface area (Å²) < 4.78 is 8.19. The van der Waals surface area contributed by atoms with E-state index in [9.17, 15) is 4.79 Å².